The average molecular weight is 362 g/mol. The minimum absolute atomic E-state index is 0.0384. The third kappa shape index (κ3) is 4.43. The molecule has 8 nitrogen and oxygen atoms in total. The number of hydrogen-bond donors (Lipinski definition) is 2. The van der Waals surface area contributed by atoms with Gasteiger partial charge in [0.05, 0.1) is 18.6 Å². The van der Waals surface area contributed by atoms with Gasteiger partial charge in [-0.05, 0) is 24.6 Å². The summed E-state index contributed by atoms with van der Waals surface area (Å²) < 4.78 is 55.4. The molecule has 10 heteroatoms. The lowest BCUT2D eigenvalue weighted by molar-refractivity contribution is -0.114. The first-order valence-electron chi connectivity index (χ1n) is 6.81. The minimum Gasteiger partial charge on any atom is -0.495 e. The van der Waals surface area contributed by atoms with E-state index in [1.807, 2.05) is 0 Å². The van der Waals surface area contributed by atoms with Crippen LogP contribution >= 0.6 is 0 Å². The van der Waals surface area contributed by atoms with Crippen molar-refractivity contribution < 1.29 is 26.4 Å². The SMILES string of the molecule is COc1ccc(NC(C)=O)cc1S(=O)(=O)NC1CCS(=O)(=O)C1. The Morgan fingerprint density at radius 1 is 1.35 bits per heavy atom. The standard InChI is InChI=1S/C13H18N2O6S2/c1-9(16)14-10-3-4-12(21-2)13(7-10)23(19,20)15-11-5-6-22(17,18)8-11/h3-4,7,11,15H,5-6,8H2,1-2H3,(H,14,16). The third-order valence-corrected chi connectivity index (χ3v) is 6.64. The Kier molecular flexibility index (Phi) is 4.97. The highest BCUT2D eigenvalue weighted by Gasteiger charge is 2.32. The number of amides is 1. The van der Waals surface area contributed by atoms with E-state index in [0.29, 0.717) is 5.69 Å². The van der Waals surface area contributed by atoms with Gasteiger partial charge in [0.2, 0.25) is 15.9 Å². The van der Waals surface area contributed by atoms with Gasteiger partial charge in [-0.25, -0.2) is 21.6 Å². The molecule has 0 radical (unpaired) electrons. The molecule has 2 rings (SSSR count). The number of carbonyl (C=O) groups excluding carboxylic acids is 1. The molecule has 0 saturated carbocycles. The van der Waals surface area contributed by atoms with Crippen LogP contribution < -0.4 is 14.8 Å². The molecule has 1 aliphatic rings. The van der Waals surface area contributed by atoms with E-state index in [2.05, 4.69) is 10.0 Å². The number of anilines is 1. The van der Waals surface area contributed by atoms with Crippen LogP contribution in [0.4, 0.5) is 5.69 Å². The van der Waals surface area contributed by atoms with Crippen molar-refractivity contribution in [3.8, 4) is 5.75 Å². The highest BCUT2D eigenvalue weighted by Crippen LogP contribution is 2.28. The minimum atomic E-state index is -3.99. The molecule has 0 spiro atoms. The van der Waals surface area contributed by atoms with Gasteiger partial charge in [0.1, 0.15) is 10.6 Å². The summed E-state index contributed by atoms with van der Waals surface area (Å²) in [6, 6.07) is 3.54. The Labute approximate surface area is 135 Å². The van der Waals surface area contributed by atoms with Crippen molar-refractivity contribution in [2.24, 2.45) is 0 Å². The molecule has 0 aromatic heterocycles. The maximum atomic E-state index is 12.5. The zero-order valence-electron chi connectivity index (χ0n) is 12.7. The molecule has 0 bridgehead atoms. The fourth-order valence-electron chi connectivity index (χ4n) is 2.34. The van der Waals surface area contributed by atoms with Crippen LogP contribution in [0, 0.1) is 0 Å². The van der Waals surface area contributed by atoms with E-state index in [0.717, 1.165) is 0 Å². The van der Waals surface area contributed by atoms with Crippen molar-refractivity contribution in [2.45, 2.75) is 24.3 Å². The summed E-state index contributed by atoms with van der Waals surface area (Å²) in [5.41, 5.74) is 0.303. The molecule has 1 aromatic rings. The first kappa shape index (κ1) is 17.7. The lowest BCUT2D eigenvalue weighted by Gasteiger charge is -2.15. The molecule has 1 aliphatic heterocycles. The second-order valence-corrected chi connectivity index (χ2v) is 9.18. The predicted molar refractivity (Wildman–Crippen MR) is 84.7 cm³/mol. The van der Waals surface area contributed by atoms with Crippen molar-refractivity contribution in [3.05, 3.63) is 18.2 Å². The fourth-order valence-corrected chi connectivity index (χ4v) is 5.58. The van der Waals surface area contributed by atoms with Gasteiger partial charge < -0.3 is 10.1 Å². The first-order chi connectivity index (χ1) is 10.6. The van der Waals surface area contributed by atoms with Crippen LogP contribution in [-0.2, 0) is 24.7 Å². The summed E-state index contributed by atoms with van der Waals surface area (Å²) in [5.74, 6) is -0.496. The second kappa shape index (κ2) is 6.46. The van der Waals surface area contributed by atoms with Crippen LogP contribution in [0.2, 0.25) is 0 Å². The second-order valence-electron chi connectivity index (χ2n) is 5.27. The molecule has 1 aromatic carbocycles. The Morgan fingerprint density at radius 2 is 2.04 bits per heavy atom. The average Bonchev–Trinajstić information content (AvgIpc) is 2.76. The Morgan fingerprint density at radius 3 is 2.57 bits per heavy atom. The van der Waals surface area contributed by atoms with E-state index >= 15 is 0 Å². The maximum absolute atomic E-state index is 12.5. The molecule has 1 heterocycles. The lowest BCUT2D eigenvalue weighted by Crippen LogP contribution is -2.35. The van der Waals surface area contributed by atoms with Crippen molar-refractivity contribution in [2.75, 3.05) is 23.9 Å². The highest BCUT2D eigenvalue weighted by atomic mass is 32.2. The van der Waals surface area contributed by atoms with E-state index in [4.69, 9.17) is 4.74 Å². The van der Waals surface area contributed by atoms with Gasteiger partial charge in [-0.15, -0.1) is 0 Å². The number of carbonyl (C=O) groups is 1. The molecule has 1 amide bonds. The zero-order valence-corrected chi connectivity index (χ0v) is 14.3. The maximum Gasteiger partial charge on any atom is 0.244 e. The molecular weight excluding hydrogens is 344 g/mol. The lowest BCUT2D eigenvalue weighted by atomic mass is 10.3. The molecule has 1 atom stereocenters. The van der Waals surface area contributed by atoms with Gasteiger partial charge in [0, 0.05) is 18.7 Å². The number of ether oxygens (including phenoxy) is 1. The van der Waals surface area contributed by atoms with Crippen LogP contribution in [-0.4, -0.2) is 47.4 Å². The van der Waals surface area contributed by atoms with Crippen LogP contribution in [0.1, 0.15) is 13.3 Å². The number of hydrogen-bond acceptors (Lipinski definition) is 6. The highest BCUT2D eigenvalue weighted by molar-refractivity contribution is 7.92. The van der Waals surface area contributed by atoms with Crippen molar-refractivity contribution in [1.29, 1.82) is 0 Å². The summed E-state index contributed by atoms with van der Waals surface area (Å²) >= 11 is 0. The number of sulfonamides is 1. The molecule has 128 valence electrons. The number of benzene rings is 1. The van der Waals surface area contributed by atoms with Gasteiger partial charge >= 0.3 is 0 Å². The molecule has 1 fully saturated rings. The topological polar surface area (TPSA) is 119 Å². The van der Waals surface area contributed by atoms with Crippen LogP contribution in [0.25, 0.3) is 0 Å². The molecule has 23 heavy (non-hydrogen) atoms. The Balaban J connectivity index is 2.32. The summed E-state index contributed by atoms with van der Waals surface area (Å²) in [7, 11) is -5.86. The number of rotatable bonds is 5. The monoisotopic (exact) mass is 362 g/mol. The molecule has 0 aliphatic carbocycles. The van der Waals surface area contributed by atoms with Gasteiger partial charge in [-0.1, -0.05) is 0 Å². The van der Waals surface area contributed by atoms with Crippen LogP contribution in [0.5, 0.6) is 5.75 Å². The summed E-state index contributed by atoms with van der Waals surface area (Å²) in [4.78, 5) is 10.9. The van der Waals surface area contributed by atoms with E-state index in [9.17, 15) is 21.6 Å². The summed E-state index contributed by atoms with van der Waals surface area (Å²) in [6.45, 7) is 1.31. The van der Waals surface area contributed by atoms with Crippen LogP contribution in [0.15, 0.2) is 23.1 Å². The number of sulfone groups is 1. The summed E-state index contributed by atoms with van der Waals surface area (Å²) in [6.07, 6.45) is 0.231. The molecule has 1 unspecified atom stereocenters. The van der Waals surface area contributed by atoms with E-state index in [1.54, 1.807) is 0 Å². The molecular formula is C13H18N2O6S2. The molecule has 1 saturated heterocycles. The van der Waals surface area contributed by atoms with E-state index in [1.165, 1.54) is 32.2 Å². The quantitative estimate of drug-likeness (QED) is 0.768. The molecule has 2 N–H and O–H groups in total. The zero-order chi connectivity index (χ0) is 17.3. The normalized spacial score (nSPS) is 20.2. The van der Waals surface area contributed by atoms with Gasteiger partial charge in [-0.2, -0.15) is 0 Å². The van der Waals surface area contributed by atoms with Gasteiger partial charge in [0.25, 0.3) is 0 Å². The number of nitrogens with one attached hydrogen (secondary N) is 2. The van der Waals surface area contributed by atoms with Crippen molar-refractivity contribution >= 4 is 31.5 Å². The van der Waals surface area contributed by atoms with E-state index < -0.39 is 25.9 Å². The Bertz CT molecular complexity index is 817. The van der Waals surface area contributed by atoms with Crippen LogP contribution in [0.3, 0.4) is 0 Å². The van der Waals surface area contributed by atoms with Crippen molar-refractivity contribution in [3.63, 3.8) is 0 Å². The largest absolute Gasteiger partial charge is 0.495 e. The first-order valence-corrected chi connectivity index (χ1v) is 10.1. The summed E-state index contributed by atoms with van der Waals surface area (Å²) in [5, 5.41) is 2.49. The fraction of sp³-hybridized carbons (Fsp3) is 0.462. The van der Waals surface area contributed by atoms with Crippen molar-refractivity contribution in [1.82, 2.24) is 4.72 Å². The third-order valence-electron chi connectivity index (χ3n) is 3.33. The number of methoxy groups -OCH3 is 1. The Hall–Kier alpha value is -1.65. The predicted octanol–water partition coefficient (Wildman–Crippen LogP) is 0.119. The van der Waals surface area contributed by atoms with Gasteiger partial charge in [0.15, 0.2) is 9.84 Å². The van der Waals surface area contributed by atoms with E-state index in [-0.39, 0.29) is 34.5 Å². The smallest absolute Gasteiger partial charge is 0.244 e. The van der Waals surface area contributed by atoms with Gasteiger partial charge in [-0.3, -0.25) is 4.79 Å².